The van der Waals surface area contributed by atoms with Crippen molar-refractivity contribution in [3.63, 3.8) is 0 Å². The van der Waals surface area contributed by atoms with Crippen LogP contribution in [0.15, 0.2) is 24.3 Å². The molecule has 0 amide bonds. The lowest BCUT2D eigenvalue weighted by atomic mass is 10.0. The van der Waals surface area contributed by atoms with Gasteiger partial charge in [0, 0.05) is 4.88 Å². The Morgan fingerprint density at radius 1 is 1.00 bits per heavy atom. The lowest BCUT2D eigenvalue weighted by Gasteiger charge is -2.08. The fraction of sp³-hybridized carbons (Fsp3) is 0.250. The van der Waals surface area contributed by atoms with Gasteiger partial charge in [-0.2, -0.15) is 0 Å². The van der Waals surface area contributed by atoms with E-state index < -0.39 is 0 Å². The van der Waals surface area contributed by atoms with Crippen molar-refractivity contribution in [3.05, 3.63) is 45.8 Å². The van der Waals surface area contributed by atoms with E-state index in [4.69, 9.17) is 9.47 Å². The van der Waals surface area contributed by atoms with E-state index in [9.17, 15) is 0 Å². The molecule has 0 aliphatic carbocycles. The van der Waals surface area contributed by atoms with Crippen LogP contribution in [-0.2, 0) is 0 Å². The first-order chi connectivity index (χ1) is 9.13. The molecule has 0 aliphatic heterocycles. The van der Waals surface area contributed by atoms with Gasteiger partial charge in [-0.15, -0.1) is 0 Å². The van der Waals surface area contributed by atoms with E-state index in [0.717, 1.165) is 16.4 Å². The van der Waals surface area contributed by atoms with E-state index >= 15 is 0 Å². The third-order valence-electron chi connectivity index (χ3n) is 3.11. The standard InChI is InChI=1S/C16H18O2S/c1-11-9-13(10-15(17-3)12(11)2)5-6-14-7-8-16(18-4)19-14/h5-10H,1-4H3/b6-5+. The number of hydrogen-bond acceptors (Lipinski definition) is 3. The monoisotopic (exact) mass is 274 g/mol. The third-order valence-corrected chi connectivity index (χ3v) is 4.12. The fourth-order valence-electron chi connectivity index (χ4n) is 1.87. The van der Waals surface area contributed by atoms with Crippen LogP contribution in [-0.4, -0.2) is 14.2 Å². The largest absolute Gasteiger partial charge is 0.496 e. The Bertz CT molecular complexity index is 597. The van der Waals surface area contributed by atoms with Crippen molar-refractivity contribution >= 4 is 23.5 Å². The van der Waals surface area contributed by atoms with Crippen LogP contribution in [0.5, 0.6) is 10.8 Å². The first kappa shape index (κ1) is 13.7. The maximum absolute atomic E-state index is 5.39. The minimum Gasteiger partial charge on any atom is -0.496 e. The van der Waals surface area contributed by atoms with E-state index in [1.165, 1.54) is 16.0 Å². The van der Waals surface area contributed by atoms with Gasteiger partial charge in [0.25, 0.3) is 0 Å². The topological polar surface area (TPSA) is 18.5 Å². The Balaban J connectivity index is 2.25. The highest BCUT2D eigenvalue weighted by Gasteiger charge is 2.03. The molecule has 2 nitrogen and oxygen atoms in total. The summed E-state index contributed by atoms with van der Waals surface area (Å²) in [5, 5.41) is 0.928. The number of ether oxygens (including phenoxy) is 2. The number of thiophene rings is 1. The van der Waals surface area contributed by atoms with E-state index in [1.54, 1.807) is 25.6 Å². The number of hydrogen-bond donors (Lipinski definition) is 0. The molecule has 2 aromatic rings. The highest BCUT2D eigenvalue weighted by molar-refractivity contribution is 7.14. The molecule has 0 N–H and O–H groups in total. The van der Waals surface area contributed by atoms with Gasteiger partial charge in [0.15, 0.2) is 5.06 Å². The predicted molar refractivity (Wildman–Crippen MR) is 82.3 cm³/mol. The minimum atomic E-state index is 0.928. The first-order valence-electron chi connectivity index (χ1n) is 6.11. The van der Waals surface area contributed by atoms with Gasteiger partial charge < -0.3 is 9.47 Å². The molecular formula is C16H18O2S. The van der Waals surface area contributed by atoms with Crippen molar-refractivity contribution in [2.45, 2.75) is 13.8 Å². The molecule has 0 radical (unpaired) electrons. The molecular weight excluding hydrogens is 256 g/mol. The van der Waals surface area contributed by atoms with Crippen molar-refractivity contribution < 1.29 is 9.47 Å². The quantitative estimate of drug-likeness (QED) is 0.814. The highest BCUT2D eigenvalue weighted by atomic mass is 32.1. The summed E-state index contributed by atoms with van der Waals surface area (Å²) in [7, 11) is 3.40. The summed E-state index contributed by atoms with van der Waals surface area (Å²) in [4.78, 5) is 1.18. The summed E-state index contributed by atoms with van der Waals surface area (Å²) in [6.07, 6.45) is 4.19. The molecule has 0 unspecified atom stereocenters. The zero-order chi connectivity index (χ0) is 13.8. The van der Waals surface area contributed by atoms with Gasteiger partial charge in [0.05, 0.1) is 14.2 Å². The molecule has 19 heavy (non-hydrogen) atoms. The number of benzene rings is 1. The Hall–Kier alpha value is -1.74. The van der Waals surface area contributed by atoms with Crippen molar-refractivity contribution in [1.29, 1.82) is 0 Å². The number of rotatable bonds is 4. The van der Waals surface area contributed by atoms with Crippen LogP contribution < -0.4 is 9.47 Å². The average molecular weight is 274 g/mol. The molecule has 0 fully saturated rings. The van der Waals surface area contributed by atoms with Crippen molar-refractivity contribution in [2.24, 2.45) is 0 Å². The average Bonchev–Trinajstić information content (AvgIpc) is 2.88. The third kappa shape index (κ3) is 3.18. The van der Waals surface area contributed by atoms with E-state index in [0.29, 0.717) is 0 Å². The second-order valence-electron chi connectivity index (χ2n) is 4.36. The maximum Gasteiger partial charge on any atom is 0.173 e. The first-order valence-corrected chi connectivity index (χ1v) is 6.93. The summed E-state index contributed by atoms with van der Waals surface area (Å²) >= 11 is 1.63. The van der Waals surface area contributed by atoms with Gasteiger partial charge in [-0.25, -0.2) is 0 Å². The van der Waals surface area contributed by atoms with Crippen LogP contribution in [0.1, 0.15) is 21.6 Å². The Labute approximate surface area is 118 Å². The SMILES string of the molecule is COc1ccc(/C=C/c2cc(C)c(C)c(OC)c2)s1. The molecule has 1 aromatic carbocycles. The molecule has 1 aromatic heterocycles. The molecule has 0 saturated heterocycles. The Morgan fingerprint density at radius 2 is 1.79 bits per heavy atom. The summed E-state index contributed by atoms with van der Waals surface area (Å²) in [6, 6.07) is 8.26. The van der Waals surface area contributed by atoms with Gasteiger partial charge >= 0.3 is 0 Å². The van der Waals surface area contributed by atoms with Crippen LogP contribution >= 0.6 is 11.3 Å². The molecule has 2 rings (SSSR count). The highest BCUT2D eigenvalue weighted by Crippen LogP contribution is 2.27. The van der Waals surface area contributed by atoms with E-state index in [-0.39, 0.29) is 0 Å². The van der Waals surface area contributed by atoms with Crippen LogP contribution in [0.4, 0.5) is 0 Å². The molecule has 0 atom stereocenters. The maximum atomic E-state index is 5.39. The molecule has 100 valence electrons. The number of aryl methyl sites for hydroxylation is 1. The normalized spacial score (nSPS) is 10.9. The second kappa shape index (κ2) is 5.93. The molecule has 0 saturated carbocycles. The Morgan fingerprint density at radius 3 is 2.42 bits per heavy atom. The zero-order valence-electron chi connectivity index (χ0n) is 11.7. The summed E-state index contributed by atoms with van der Waals surface area (Å²) in [5.74, 6) is 0.934. The van der Waals surface area contributed by atoms with Gasteiger partial charge in [-0.1, -0.05) is 23.5 Å². The molecule has 1 heterocycles. The second-order valence-corrected chi connectivity index (χ2v) is 5.44. The van der Waals surface area contributed by atoms with Crippen LogP contribution in [0.2, 0.25) is 0 Å². The van der Waals surface area contributed by atoms with Crippen LogP contribution in [0.3, 0.4) is 0 Å². The predicted octanol–water partition coefficient (Wildman–Crippen LogP) is 4.55. The fourth-order valence-corrected chi connectivity index (χ4v) is 2.60. The molecule has 0 bridgehead atoms. The van der Waals surface area contributed by atoms with Crippen molar-refractivity contribution in [3.8, 4) is 10.8 Å². The number of methoxy groups -OCH3 is 2. The summed E-state index contributed by atoms with van der Waals surface area (Å²) < 4.78 is 10.6. The van der Waals surface area contributed by atoms with Gasteiger partial charge in [0.2, 0.25) is 0 Å². The molecule has 3 heteroatoms. The molecule has 0 spiro atoms. The smallest absolute Gasteiger partial charge is 0.173 e. The van der Waals surface area contributed by atoms with Crippen molar-refractivity contribution in [1.82, 2.24) is 0 Å². The van der Waals surface area contributed by atoms with E-state index in [1.807, 2.05) is 6.07 Å². The van der Waals surface area contributed by atoms with Gasteiger partial charge in [-0.05, 0) is 54.8 Å². The van der Waals surface area contributed by atoms with Gasteiger partial charge in [0.1, 0.15) is 5.75 Å². The lowest BCUT2D eigenvalue weighted by molar-refractivity contribution is 0.411. The van der Waals surface area contributed by atoms with Crippen molar-refractivity contribution in [2.75, 3.05) is 14.2 Å². The van der Waals surface area contributed by atoms with E-state index in [2.05, 4.69) is 44.2 Å². The summed E-state index contributed by atoms with van der Waals surface area (Å²) in [5.41, 5.74) is 3.58. The zero-order valence-corrected chi connectivity index (χ0v) is 12.5. The minimum absolute atomic E-state index is 0.928. The summed E-state index contributed by atoms with van der Waals surface area (Å²) in [6.45, 7) is 4.18. The van der Waals surface area contributed by atoms with Crippen LogP contribution in [0, 0.1) is 13.8 Å². The Kier molecular flexibility index (Phi) is 4.27. The van der Waals surface area contributed by atoms with Crippen LogP contribution in [0.25, 0.3) is 12.2 Å². The van der Waals surface area contributed by atoms with Gasteiger partial charge in [-0.3, -0.25) is 0 Å². The lowest BCUT2D eigenvalue weighted by Crippen LogP contribution is -1.91. The molecule has 0 aliphatic rings.